The first-order chi connectivity index (χ1) is 10.6. The minimum atomic E-state index is -0.725. The number of fused-ring (bicyclic) bond motifs is 1. The quantitative estimate of drug-likeness (QED) is 0.493. The van der Waals surface area contributed by atoms with E-state index in [2.05, 4.69) is 0 Å². The van der Waals surface area contributed by atoms with Crippen molar-refractivity contribution in [3.8, 4) is 5.75 Å². The van der Waals surface area contributed by atoms with Crippen molar-refractivity contribution < 1.29 is 19.2 Å². The third-order valence-electron chi connectivity index (χ3n) is 3.42. The fourth-order valence-corrected chi connectivity index (χ4v) is 2.45. The van der Waals surface area contributed by atoms with Gasteiger partial charge < -0.3 is 4.74 Å². The number of hydrogen-bond donors (Lipinski definition) is 0. The molecule has 7 nitrogen and oxygen atoms in total. The second-order valence-corrected chi connectivity index (χ2v) is 4.57. The van der Waals surface area contributed by atoms with Gasteiger partial charge >= 0.3 is 0 Å². The highest BCUT2D eigenvalue weighted by molar-refractivity contribution is 6.36. The number of ether oxygens (including phenoxy) is 1. The first kappa shape index (κ1) is 13.7. The van der Waals surface area contributed by atoms with E-state index in [0.29, 0.717) is 5.75 Å². The number of nitrogens with zero attached hydrogens (tertiary/aromatic N) is 2. The van der Waals surface area contributed by atoms with Crippen LogP contribution in [-0.4, -0.2) is 23.8 Å². The molecule has 110 valence electrons. The number of anilines is 1. The van der Waals surface area contributed by atoms with E-state index in [1.165, 1.54) is 25.3 Å². The zero-order valence-corrected chi connectivity index (χ0v) is 11.5. The summed E-state index contributed by atoms with van der Waals surface area (Å²) in [6.45, 7) is 0. The molecule has 0 unspecified atom stereocenters. The summed E-state index contributed by atoms with van der Waals surface area (Å²) in [5, 5.41) is 11.1. The zero-order valence-electron chi connectivity index (χ0n) is 11.5. The molecule has 3 rings (SSSR count). The highest BCUT2D eigenvalue weighted by Gasteiger charge is 2.42. The second-order valence-electron chi connectivity index (χ2n) is 4.57. The maximum atomic E-state index is 12.5. The third-order valence-corrected chi connectivity index (χ3v) is 3.42. The highest BCUT2D eigenvalue weighted by atomic mass is 16.6. The number of carbonyl (C=O) groups excluding carboxylic acids is 2. The summed E-state index contributed by atoms with van der Waals surface area (Å²) in [7, 11) is 1.42. The van der Waals surface area contributed by atoms with Crippen molar-refractivity contribution in [2.75, 3.05) is 12.0 Å². The van der Waals surface area contributed by atoms with Gasteiger partial charge in [0.15, 0.2) is 0 Å². The summed E-state index contributed by atoms with van der Waals surface area (Å²) in [6.07, 6.45) is 0. The van der Waals surface area contributed by atoms with Crippen LogP contribution < -0.4 is 9.64 Å². The van der Waals surface area contributed by atoms with E-state index in [1.807, 2.05) is 0 Å². The third kappa shape index (κ3) is 1.83. The van der Waals surface area contributed by atoms with Gasteiger partial charge in [-0.05, 0) is 18.2 Å². The predicted octanol–water partition coefficient (Wildman–Crippen LogP) is 2.40. The van der Waals surface area contributed by atoms with Crippen molar-refractivity contribution in [1.29, 1.82) is 0 Å². The van der Waals surface area contributed by atoms with Crippen molar-refractivity contribution in [3.05, 3.63) is 63.7 Å². The van der Waals surface area contributed by atoms with Crippen molar-refractivity contribution >= 4 is 23.2 Å². The van der Waals surface area contributed by atoms with E-state index >= 15 is 0 Å². The van der Waals surface area contributed by atoms with Gasteiger partial charge in [0, 0.05) is 6.07 Å². The van der Waals surface area contributed by atoms with E-state index in [0.717, 1.165) is 4.90 Å². The Morgan fingerprint density at radius 1 is 1.05 bits per heavy atom. The minimum absolute atomic E-state index is 0.0186. The molecule has 0 saturated carbocycles. The van der Waals surface area contributed by atoms with E-state index < -0.39 is 16.7 Å². The molecule has 7 heteroatoms. The molecule has 1 heterocycles. The normalized spacial score (nSPS) is 13.2. The van der Waals surface area contributed by atoms with Crippen LogP contribution in [0.25, 0.3) is 0 Å². The molecule has 2 aromatic rings. The Balaban J connectivity index is 2.19. The Hall–Kier alpha value is -3.22. The molecular weight excluding hydrogens is 288 g/mol. The van der Waals surface area contributed by atoms with Gasteiger partial charge in [0.2, 0.25) is 0 Å². The fraction of sp³-hybridized carbons (Fsp3) is 0.0667. The summed E-state index contributed by atoms with van der Waals surface area (Å²) in [4.78, 5) is 36.3. The molecular formula is C15H10N2O5. The van der Waals surface area contributed by atoms with E-state index in [9.17, 15) is 19.7 Å². The number of rotatable bonds is 3. The fourth-order valence-electron chi connectivity index (χ4n) is 2.45. The molecule has 0 N–H and O–H groups in total. The predicted molar refractivity (Wildman–Crippen MR) is 77.2 cm³/mol. The number of carbonyl (C=O) groups is 2. The number of nitro groups is 1. The molecule has 0 spiro atoms. The molecule has 0 saturated heterocycles. The van der Waals surface area contributed by atoms with Gasteiger partial charge in [0.1, 0.15) is 11.3 Å². The van der Waals surface area contributed by atoms with Gasteiger partial charge in [-0.15, -0.1) is 0 Å². The molecule has 22 heavy (non-hydrogen) atoms. The first-order valence-electron chi connectivity index (χ1n) is 6.35. The van der Waals surface area contributed by atoms with Crippen molar-refractivity contribution in [2.45, 2.75) is 0 Å². The van der Waals surface area contributed by atoms with Crippen LogP contribution >= 0.6 is 0 Å². The highest BCUT2D eigenvalue weighted by Crippen LogP contribution is 2.37. The molecule has 0 aromatic heterocycles. The Morgan fingerprint density at radius 2 is 1.77 bits per heavy atom. The van der Waals surface area contributed by atoms with Crippen LogP contribution in [0.5, 0.6) is 5.75 Å². The number of benzene rings is 2. The average molecular weight is 298 g/mol. The van der Waals surface area contributed by atoms with Crippen LogP contribution in [0.3, 0.4) is 0 Å². The standard InChI is InChI=1S/C15H10N2O5/c1-22-12-8-3-2-6-10(12)16-14(18)9-5-4-7-11(17(20)21)13(9)15(16)19/h2-8H,1H3. The lowest BCUT2D eigenvalue weighted by Crippen LogP contribution is -2.29. The molecule has 0 fully saturated rings. The number of imide groups is 1. The number of amides is 2. The van der Waals surface area contributed by atoms with Crippen LogP contribution in [0.2, 0.25) is 0 Å². The minimum Gasteiger partial charge on any atom is -0.495 e. The summed E-state index contributed by atoms with van der Waals surface area (Å²) in [6, 6.07) is 10.5. The smallest absolute Gasteiger partial charge is 0.283 e. The Morgan fingerprint density at radius 3 is 2.45 bits per heavy atom. The lowest BCUT2D eigenvalue weighted by molar-refractivity contribution is -0.385. The molecule has 0 aliphatic carbocycles. The molecule has 0 radical (unpaired) electrons. The topological polar surface area (TPSA) is 89.8 Å². The molecule has 2 amide bonds. The van der Waals surface area contributed by atoms with Crippen molar-refractivity contribution in [2.24, 2.45) is 0 Å². The van der Waals surface area contributed by atoms with Gasteiger partial charge in [0.25, 0.3) is 17.5 Å². The maximum Gasteiger partial charge on any atom is 0.283 e. The number of methoxy groups -OCH3 is 1. The van der Waals surface area contributed by atoms with Crippen LogP contribution in [0.15, 0.2) is 42.5 Å². The summed E-state index contributed by atoms with van der Waals surface area (Å²) >= 11 is 0. The summed E-state index contributed by atoms with van der Waals surface area (Å²) < 4.78 is 5.15. The Bertz CT molecular complexity index is 815. The van der Waals surface area contributed by atoms with Gasteiger partial charge in [0.05, 0.1) is 23.3 Å². The van der Waals surface area contributed by atoms with Gasteiger partial charge in [-0.1, -0.05) is 18.2 Å². The van der Waals surface area contributed by atoms with E-state index in [4.69, 9.17) is 4.74 Å². The van der Waals surface area contributed by atoms with Gasteiger partial charge in [-0.2, -0.15) is 0 Å². The van der Waals surface area contributed by atoms with Gasteiger partial charge in [-0.3, -0.25) is 19.7 Å². The maximum absolute atomic E-state index is 12.5. The molecule has 1 aliphatic heterocycles. The van der Waals surface area contributed by atoms with E-state index in [1.54, 1.807) is 24.3 Å². The largest absolute Gasteiger partial charge is 0.495 e. The molecule has 2 aromatic carbocycles. The zero-order chi connectivity index (χ0) is 15.9. The van der Waals surface area contributed by atoms with Gasteiger partial charge in [-0.25, -0.2) is 4.90 Å². The average Bonchev–Trinajstić information content (AvgIpc) is 2.78. The molecule has 1 aliphatic rings. The second kappa shape index (κ2) is 4.96. The SMILES string of the molecule is COc1ccccc1N1C(=O)c2cccc([N+](=O)[O-])c2C1=O. The lowest BCUT2D eigenvalue weighted by Gasteiger charge is -2.16. The van der Waals surface area contributed by atoms with E-state index in [-0.39, 0.29) is 22.5 Å². The van der Waals surface area contributed by atoms with Crippen LogP contribution in [-0.2, 0) is 0 Å². The van der Waals surface area contributed by atoms with Crippen molar-refractivity contribution in [3.63, 3.8) is 0 Å². The number of nitro benzene ring substituents is 1. The molecule has 0 bridgehead atoms. The van der Waals surface area contributed by atoms with Crippen LogP contribution in [0.1, 0.15) is 20.7 Å². The first-order valence-corrected chi connectivity index (χ1v) is 6.35. The summed E-state index contributed by atoms with van der Waals surface area (Å²) in [5.74, 6) is -0.996. The molecule has 0 atom stereocenters. The lowest BCUT2D eigenvalue weighted by atomic mass is 10.1. The van der Waals surface area contributed by atoms with Crippen LogP contribution in [0.4, 0.5) is 11.4 Å². The Kier molecular flexibility index (Phi) is 3.10. The number of hydrogen-bond acceptors (Lipinski definition) is 5. The Labute approximate surface area is 124 Å². The monoisotopic (exact) mass is 298 g/mol. The number of para-hydroxylation sites is 2. The van der Waals surface area contributed by atoms with Crippen LogP contribution in [0, 0.1) is 10.1 Å². The van der Waals surface area contributed by atoms with Crippen molar-refractivity contribution in [1.82, 2.24) is 0 Å². The summed E-state index contributed by atoms with van der Waals surface area (Å²) in [5.41, 5.74) is -0.299.